The van der Waals surface area contributed by atoms with E-state index in [1.54, 1.807) is 6.33 Å². The summed E-state index contributed by atoms with van der Waals surface area (Å²) in [5, 5.41) is 19.4. The molecule has 2 N–H and O–H groups in total. The van der Waals surface area contributed by atoms with Gasteiger partial charge in [-0.1, -0.05) is 32.9 Å². The summed E-state index contributed by atoms with van der Waals surface area (Å²) in [5.41, 5.74) is 3.21. The van der Waals surface area contributed by atoms with E-state index in [1.165, 1.54) is 0 Å². The van der Waals surface area contributed by atoms with Gasteiger partial charge < -0.3 is 14.9 Å². The molecule has 1 aliphatic heterocycles. The van der Waals surface area contributed by atoms with Gasteiger partial charge in [0.25, 0.3) is 0 Å². The fourth-order valence-electron chi connectivity index (χ4n) is 2.86. The van der Waals surface area contributed by atoms with E-state index in [4.69, 9.17) is 4.74 Å². The highest BCUT2D eigenvalue weighted by atomic mass is 16.5. The summed E-state index contributed by atoms with van der Waals surface area (Å²) in [6.45, 7) is 13.6. The third kappa shape index (κ3) is 5.10. The van der Waals surface area contributed by atoms with Crippen molar-refractivity contribution in [1.29, 1.82) is 0 Å². The van der Waals surface area contributed by atoms with Gasteiger partial charge in [-0.25, -0.2) is 9.97 Å². The number of nitrogens with zero attached hydrogens (tertiary/aromatic N) is 2. The predicted molar refractivity (Wildman–Crippen MR) is 96.6 cm³/mol. The lowest BCUT2D eigenvalue weighted by Crippen LogP contribution is -2.35. The molecular weight excluding hydrogens is 304 g/mol. The van der Waals surface area contributed by atoms with Crippen LogP contribution in [0.1, 0.15) is 51.6 Å². The Kier molecular flexibility index (Phi) is 8.00. The topological polar surface area (TPSA) is 75.5 Å². The number of ether oxygens (including phenoxy) is 1. The smallest absolute Gasteiger partial charge is 0.115 e. The van der Waals surface area contributed by atoms with Crippen molar-refractivity contribution in [1.82, 2.24) is 9.97 Å². The van der Waals surface area contributed by atoms with E-state index in [9.17, 15) is 10.2 Å². The van der Waals surface area contributed by atoms with Crippen molar-refractivity contribution in [3.8, 4) is 0 Å². The molecular formula is C19H32N2O3. The Balaban J connectivity index is 0.000000243. The van der Waals surface area contributed by atoms with Crippen LogP contribution in [0.2, 0.25) is 0 Å². The first kappa shape index (κ1) is 20.7. The molecule has 136 valence electrons. The quantitative estimate of drug-likeness (QED) is 0.887. The normalized spacial score (nSPS) is 28.1. The third-order valence-corrected chi connectivity index (χ3v) is 4.54. The molecule has 0 bridgehead atoms. The lowest BCUT2D eigenvalue weighted by Gasteiger charge is -2.24. The van der Waals surface area contributed by atoms with Gasteiger partial charge in [-0.2, -0.15) is 0 Å². The summed E-state index contributed by atoms with van der Waals surface area (Å²) >= 11 is 0. The molecule has 5 heteroatoms. The molecule has 1 aliphatic rings. The molecule has 1 aromatic heterocycles. The van der Waals surface area contributed by atoms with Crippen LogP contribution in [0.5, 0.6) is 0 Å². The molecule has 1 saturated heterocycles. The summed E-state index contributed by atoms with van der Waals surface area (Å²) in [7, 11) is 0. The van der Waals surface area contributed by atoms with Crippen molar-refractivity contribution < 1.29 is 14.9 Å². The molecule has 0 aliphatic carbocycles. The van der Waals surface area contributed by atoms with Gasteiger partial charge in [-0.3, -0.25) is 0 Å². The molecule has 0 unspecified atom stereocenters. The standard InChI is InChI=1S/C10H20O3.C9H12N2/c1-5(2)8(11)10-6(3)9(12)7(4)13-10;1-4-5-9-7(2)10-6-11-8(9)3/h5-12H,1-4H3;4-6H,1-3H3/b;5-4-/t6-,7-,8+,9+,10-;/m0./s1. The fourth-order valence-corrected chi connectivity index (χ4v) is 2.86. The summed E-state index contributed by atoms with van der Waals surface area (Å²) in [6.07, 6.45) is 4.33. The first-order chi connectivity index (χ1) is 11.2. The van der Waals surface area contributed by atoms with Gasteiger partial charge >= 0.3 is 0 Å². The lowest BCUT2D eigenvalue weighted by atomic mass is 9.90. The van der Waals surface area contributed by atoms with Crippen molar-refractivity contribution in [3.05, 3.63) is 29.4 Å². The van der Waals surface area contributed by atoms with Crippen LogP contribution >= 0.6 is 0 Å². The van der Waals surface area contributed by atoms with Crippen molar-refractivity contribution in [2.24, 2.45) is 11.8 Å². The number of allylic oxidation sites excluding steroid dienone is 1. The SMILES string of the molecule is C/C=C\c1c(C)ncnc1C.CC(C)[C@@H](O)[C@H]1O[C@@H](C)[C@H](O)[C@@H]1C. The Bertz CT molecular complexity index is 521. The molecule has 1 aromatic rings. The Labute approximate surface area is 145 Å². The summed E-state index contributed by atoms with van der Waals surface area (Å²) in [5.74, 6) is 0.192. The molecule has 5 nitrogen and oxygen atoms in total. The van der Waals surface area contributed by atoms with Crippen LogP contribution in [-0.2, 0) is 4.74 Å². The van der Waals surface area contributed by atoms with Gasteiger partial charge in [0.15, 0.2) is 0 Å². The summed E-state index contributed by atoms with van der Waals surface area (Å²) < 4.78 is 5.51. The van der Waals surface area contributed by atoms with E-state index in [1.807, 2.05) is 60.6 Å². The number of rotatable bonds is 3. The highest BCUT2D eigenvalue weighted by molar-refractivity contribution is 5.53. The monoisotopic (exact) mass is 336 g/mol. The van der Waals surface area contributed by atoms with Crippen LogP contribution in [0, 0.1) is 25.7 Å². The summed E-state index contributed by atoms with van der Waals surface area (Å²) in [4.78, 5) is 8.19. The second-order valence-electron chi connectivity index (χ2n) is 6.85. The maximum absolute atomic E-state index is 9.80. The zero-order valence-electron chi connectivity index (χ0n) is 15.9. The van der Waals surface area contributed by atoms with E-state index in [0.717, 1.165) is 17.0 Å². The zero-order valence-corrected chi connectivity index (χ0v) is 15.9. The number of hydrogen-bond acceptors (Lipinski definition) is 5. The lowest BCUT2D eigenvalue weighted by molar-refractivity contribution is -0.0599. The molecule has 2 heterocycles. The Morgan fingerprint density at radius 2 is 1.71 bits per heavy atom. The Morgan fingerprint density at radius 1 is 1.17 bits per heavy atom. The molecule has 0 saturated carbocycles. The number of aryl methyl sites for hydroxylation is 2. The fraction of sp³-hybridized carbons (Fsp3) is 0.684. The van der Waals surface area contributed by atoms with E-state index in [-0.39, 0.29) is 24.0 Å². The first-order valence-corrected chi connectivity index (χ1v) is 8.63. The zero-order chi connectivity index (χ0) is 18.4. The maximum atomic E-state index is 9.80. The highest BCUT2D eigenvalue weighted by Crippen LogP contribution is 2.30. The molecule has 0 amide bonds. The Hall–Kier alpha value is -1.30. The van der Waals surface area contributed by atoms with Crippen LogP contribution in [0.15, 0.2) is 12.4 Å². The van der Waals surface area contributed by atoms with Gasteiger partial charge in [0.2, 0.25) is 0 Å². The van der Waals surface area contributed by atoms with Gasteiger partial charge in [-0.15, -0.1) is 0 Å². The van der Waals surface area contributed by atoms with Crippen LogP contribution in [0.4, 0.5) is 0 Å². The van der Waals surface area contributed by atoms with Gasteiger partial charge in [0, 0.05) is 22.9 Å². The minimum atomic E-state index is -0.477. The number of aliphatic hydroxyl groups is 2. The van der Waals surface area contributed by atoms with Crippen molar-refractivity contribution in [2.75, 3.05) is 0 Å². The third-order valence-electron chi connectivity index (χ3n) is 4.54. The van der Waals surface area contributed by atoms with Crippen LogP contribution < -0.4 is 0 Å². The van der Waals surface area contributed by atoms with E-state index in [2.05, 4.69) is 9.97 Å². The second-order valence-corrected chi connectivity index (χ2v) is 6.85. The average molecular weight is 336 g/mol. The molecule has 1 fully saturated rings. The minimum absolute atomic E-state index is 0.0207. The molecule has 0 radical (unpaired) electrons. The van der Waals surface area contributed by atoms with Crippen LogP contribution in [-0.4, -0.2) is 44.6 Å². The van der Waals surface area contributed by atoms with Crippen molar-refractivity contribution in [3.63, 3.8) is 0 Å². The van der Waals surface area contributed by atoms with Gasteiger partial charge in [0.1, 0.15) is 6.33 Å². The average Bonchev–Trinajstić information content (AvgIpc) is 2.78. The van der Waals surface area contributed by atoms with E-state index in [0.29, 0.717) is 0 Å². The van der Waals surface area contributed by atoms with E-state index >= 15 is 0 Å². The largest absolute Gasteiger partial charge is 0.390 e. The van der Waals surface area contributed by atoms with Crippen LogP contribution in [0.3, 0.4) is 0 Å². The van der Waals surface area contributed by atoms with Gasteiger partial charge in [0.05, 0.1) is 24.4 Å². The maximum Gasteiger partial charge on any atom is 0.115 e. The first-order valence-electron chi connectivity index (χ1n) is 8.63. The number of hydrogen-bond donors (Lipinski definition) is 2. The molecule has 0 aromatic carbocycles. The molecule has 5 atom stereocenters. The van der Waals surface area contributed by atoms with E-state index < -0.39 is 12.2 Å². The number of aliphatic hydroxyl groups excluding tert-OH is 2. The van der Waals surface area contributed by atoms with Crippen LogP contribution in [0.25, 0.3) is 6.08 Å². The Morgan fingerprint density at radius 3 is 2.08 bits per heavy atom. The summed E-state index contributed by atoms with van der Waals surface area (Å²) in [6, 6.07) is 0. The second kappa shape index (κ2) is 9.25. The number of aromatic nitrogens is 2. The highest BCUT2D eigenvalue weighted by Gasteiger charge is 2.42. The molecule has 0 spiro atoms. The van der Waals surface area contributed by atoms with Crippen molar-refractivity contribution in [2.45, 2.75) is 72.9 Å². The molecule has 2 rings (SSSR count). The minimum Gasteiger partial charge on any atom is -0.390 e. The molecule has 24 heavy (non-hydrogen) atoms. The van der Waals surface area contributed by atoms with Gasteiger partial charge in [-0.05, 0) is 33.6 Å². The van der Waals surface area contributed by atoms with Crippen molar-refractivity contribution >= 4 is 6.08 Å². The predicted octanol–water partition coefficient (Wildman–Crippen LogP) is 2.91.